The third-order valence-corrected chi connectivity index (χ3v) is 5.18. The zero-order valence-electron chi connectivity index (χ0n) is 18.2. The summed E-state index contributed by atoms with van der Waals surface area (Å²) < 4.78 is 12.0. The smallest absolute Gasteiger partial charge is 0.267 e. The number of carbonyl (C=O) groups excluding carboxylic acids is 1. The van der Waals surface area contributed by atoms with Crippen molar-refractivity contribution in [3.05, 3.63) is 82.0 Å². The van der Waals surface area contributed by atoms with Crippen LogP contribution in [-0.2, 0) is 0 Å². The molecule has 0 aliphatic heterocycles. The molecular formula is C24H22N4O4. The molecular weight excluding hydrogens is 408 g/mol. The van der Waals surface area contributed by atoms with Crippen LogP contribution in [0.1, 0.15) is 21.7 Å². The summed E-state index contributed by atoms with van der Waals surface area (Å²) >= 11 is 0. The lowest BCUT2D eigenvalue weighted by atomic mass is 10.1. The summed E-state index contributed by atoms with van der Waals surface area (Å²) in [6, 6.07) is 13.8. The van der Waals surface area contributed by atoms with Crippen LogP contribution in [0, 0.1) is 13.8 Å². The SMILES string of the molecule is COc1ccc(C(=O)Nc2ccc(-n3c(C)nc4ncccc4c3=O)cc2C)c(OC)c1. The summed E-state index contributed by atoms with van der Waals surface area (Å²) in [7, 11) is 3.05. The number of hydrogen-bond donors (Lipinski definition) is 1. The quantitative estimate of drug-likeness (QED) is 0.519. The molecule has 0 aliphatic carbocycles. The molecule has 1 amide bonds. The van der Waals surface area contributed by atoms with Crippen LogP contribution in [0.5, 0.6) is 11.5 Å². The maximum Gasteiger partial charge on any atom is 0.267 e. The van der Waals surface area contributed by atoms with E-state index < -0.39 is 0 Å². The van der Waals surface area contributed by atoms with Gasteiger partial charge in [-0.2, -0.15) is 0 Å². The first-order valence-electron chi connectivity index (χ1n) is 9.91. The minimum absolute atomic E-state index is 0.195. The van der Waals surface area contributed by atoms with E-state index in [0.717, 1.165) is 5.56 Å². The predicted octanol–water partition coefficient (Wildman–Crippen LogP) is 3.67. The maximum atomic E-state index is 13.0. The topological polar surface area (TPSA) is 95.3 Å². The average molecular weight is 430 g/mol. The van der Waals surface area contributed by atoms with Gasteiger partial charge in [-0.3, -0.25) is 14.2 Å². The van der Waals surface area contributed by atoms with Crippen molar-refractivity contribution in [2.45, 2.75) is 13.8 Å². The molecule has 8 heteroatoms. The van der Waals surface area contributed by atoms with Crippen LogP contribution in [-0.4, -0.2) is 34.7 Å². The van der Waals surface area contributed by atoms with E-state index in [-0.39, 0.29) is 11.5 Å². The fourth-order valence-electron chi connectivity index (χ4n) is 3.53. The molecule has 2 aromatic heterocycles. The van der Waals surface area contributed by atoms with Crippen molar-refractivity contribution >= 4 is 22.6 Å². The zero-order chi connectivity index (χ0) is 22.8. The standard InChI is InChI=1S/C24H22N4O4/c1-14-12-16(28-15(2)26-22-19(24(28)30)6-5-11-25-22)7-10-20(14)27-23(29)18-9-8-17(31-3)13-21(18)32-4/h5-13H,1-4H3,(H,27,29). The van der Waals surface area contributed by atoms with Crippen LogP contribution in [0.3, 0.4) is 0 Å². The van der Waals surface area contributed by atoms with Crippen molar-refractivity contribution in [2.24, 2.45) is 0 Å². The largest absolute Gasteiger partial charge is 0.497 e. The average Bonchev–Trinajstić information content (AvgIpc) is 2.80. The van der Waals surface area contributed by atoms with Gasteiger partial charge in [0.05, 0.1) is 30.9 Å². The highest BCUT2D eigenvalue weighted by molar-refractivity contribution is 6.06. The second-order valence-corrected chi connectivity index (χ2v) is 7.19. The number of fused-ring (bicyclic) bond motifs is 1. The summed E-state index contributed by atoms with van der Waals surface area (Å²) in [5.74, 6) is 1.22. The first kappa shape index (κ1) is 21.0. The summed E-state index contributed by atoms with van der Waals surface area (Å²) in [5.41, 5.74) is 2.68. The fourth-order valence-corrected chi connectivity index (χ4v) is 3.53. The lowest BCUT2D eigenvalue weighted by molar-refractivity contribution is 0.102. The molecule has 32 heavy (non-hydrogen) atoms. The Bertz CT molecular complexity index is 1390. The van der Waals surface area contributed by atoms with Crippen molar-refractivity contribution in [1.29, 1.82) is 0 Å². The molecule has 0 atom stereocenters. The van der Waals surface area contributed by atoms with E-state index in [2.05, 4.69) is 15.3 Å². The van der Waals surface area contributed by atoms with Crippen LogP contribution in [0.4, 0.5) is 5.69 Å². The Morgan fingerprint density at radius 2 is 1.84 bits per heavy atom. The van der Waals surface area contributed by atoms with Crippen LogP contribution < -0.4 is 20.3 Å². The number of methoxy groups -OCH3 is 2. The number of anilines is 1. The van der Waals surface area contributed by atoms with E-state index in [1.165, 1.54) is 11.7 Å². The molecule has 0 spiro atoms. The lowest BCUT2D eigenvalue weighted by Crippen LogP contribution is -2.23. The number of amides is 1. The number of aryl methyl sites for hydroxylation is 2. The van der Waals surface area contributed by atoms with Gasteiger partial charge in [0, 0.05) is 18.0 Å². The van der Waals surface area contributed by atoms with Gasteiger partial charge in [0.2, 0.25) is 0 Å². The number of ether oxygens (including phenoxy) is 2. The van der Waals surface area contributed by atoms with Crippen LogP contribution in [0.15, 0.2) is 59.5 Å². The van der Waals surface area contributed by atoms with E-state index >= 15 is 0 Å². The van der Waals surface area contributed by atoms with Crippen molar-refractivity contribution in [3.63, 3.8) is 0 Å². The van der Waals surface area contributed by atoms with Gasteiger partial charge >= 0.3 is 0 Å². The van der Waals surface area contributed by atoms with Gasteiger partial charge in [0.1, 0.15) is 17.3 Å². The Kier molecular flexibility index (Phi) is 5.59. The summed E-state index contributed by atoms with van der Waals surface area (Å²) in [6.45, 7) is 3.62. The second kappa shape index (κ2) is 8.50. The lowest BCUT2D eigenvalue weighted by Gasteiger charge is -2.15. The maximum absolute atomic E-state index is 13.0. The predicted molar refractivity (Wildman–Crippen MR) is 122 cm³/mol. The van der Waals surface area contributed by atoms with Crippen molar-refractivity contribution in [2.75, 3.05) is 19.5 Å². The summed E-state index contributed by atoms with van der Waals surface area (Å²) in [6.07, 6.45) is 1.61. The van der Waals surface area contributed by atoms with E-state index in [1.54, 1.807) is 62.7 Å². The number of carbonyl (C=O) groups is 1. The molecule has 0 bridgehead atoms. The minimum Gasteiger partial charge on any atom is -0.497 e. The van der Waals surface area contributed by atoms with Crippen molar-refractivity contribution in [3.8, 4) is 17.2 Å². The molecule has 4 aromatic rings. The molecule has 0 aliphatic rings. The molecule has 0 radical (unpaired) electrons. The van der Waals surface area contributed by atoms with Gasteiger partial charge in [-0.25, -0.2) is 9.97 Å². The van der Waals surface area contributed by atoms with Gasteiger partial charge in [0.15, 0.2) is 5.65 Å². The molecule has 2 heterocycles. The number of nitrogens with one attached hydrogen (secondary N) is 1. The Balaban J connectivity index is 1.67. The third-order valence-electron chi connectivity index (χ3n) is 5.18. The Morgan fingerprint density at radius 3 is 2.56 bits per heavy atom. The number of benzene rings is 2. The summed E-state index contributed by atoms with van der Waals surface area (Å²) in [5, 5.41) is 3.35. The molecule has 0 saturated heterocycles. The number of pyridine rings is 1. The third kappa shape index (κ3) is 3.78. The van der Waals surface area contributed by atoms with Gasteiger partial charge in [-0.05, 0) is 61.9 Å². The number of hydrogen-bond acceptors (Lipinski definition) is 6. The highest BCUT2D eigenvalue weighted by Crippen LogP contribution is 2.26. The Labute approximate surface area is 184 Å². The van der Waals surface area contributed by atoms with Crippen LogP contribution >= 0.6 is 0 Å². The van der Waals surface area contributed by atoms with Gasteiger partial charge < -0.3 is 14.8 Å². The minimum atomic E-state index is -0.313. The highest BCUT2D eigenvalue weighted by atomic mass is 16.5. The first-order chi connectivity index (χ1) is 15.4. The van der Waals surface area contributed by atoms with E-state index in [0.29, 0.717) is 45.3 Å². The molecule has 0 saturated carbocycles. The van der Waals surface area contributed by atoms with Gasteiger partial charge in [-0.15, -0.1) is 0 Å². The molecule has 0 fully saturated rings. The first-order valence-corrected chi connectivity index (χ1v) is 9.91. The molecule has 2 aromatic carbocycles. The van der Waals surface area contributed by atoms with Crippen molar-refractivity contribution in [1.82, 2.24) is 14.5 Å². The van der Waals surface area contributed by atoms with Gasteiger partial charge in [-0.1, -0.05) is 0 Å². The van der Waals surface area contributed by atoms with E-state index in [1.807, 2.05) is 13.0 Å². The molecule has 1 N–H and O–H groups in total. The Hall–Kier alpha value is -4.20. The number of nitrogens with zero attached hydrogens (tertiary/aromatic N) is 3. The van der Waals surface area contributed by atoms with Crippen LogP contribution in [0.2, 0.25) is 0 Å². The normalized spacial score (nSPS) is 10.8. The zero-order valence-corrected chi connectivity index (χ0v) is 18.2. The van der Waals surface area contributed by atoms with E-state index in [4.69, 9.17) is 9.47 Å². The van der Waals surface area contributed by atoms with Gasteiger partial charge in [0.25, 0.3) is 11.5 Å². The van der Waals surface area contributed by atoms with Crippen LogP contribution in [0.25, 0.3) is 16.7 Å². The highest BCUT2D eigenvalue weighted by Gasteiger charge is 2.16. The molecule has 8 nitrogen and oxygen atoms in total. The fraction of sp³-hybridized carbons (Fsp3) is 0.167. The monoisotopic (exact) mass is 430 g/mol. The Morgan fingerprint density at radius 1 is 1.03 bits per heavy atom. The molecule has 162 valence electrons. The number of rotatable bonds is 5. The van der Waals surface area contributed by atoms with E-state index in [9.17, 15) is 9.59 Å². The van der Waals surface area contributed by atoms with Crippen molar-refractivity contribution < 1.29 is 14.3 Å². The summed E-state index contributed by atoms with van der Waals surface area (Å²) in [4.78, 5) is 34.5. The molecule has 4 rings (SSSR count). The second-order valence-electron chi connectivity index (χ2n) is 7.19. The molecule has 0 unspecified atom stereocenters. The number of aromatic nitrogens is 3.